The summed E-state index contributed by atoms with van der Waals surface area (Å²) >= 11 is 0. The third kappa shape index (κ3) is 6.17. The van der Waals surface area contributed by atoms with Gasteiger partial charge in [-0.25, -0.2) is 9.59 Å². The van der Waals surface area contributed by atoms with Gasteiger partial charge in [-0.1, -0.05) is 59.3 Å². The fourth-order valence-corrected chi connectivity index (χ4v) is 13.0. The Labute approximate surface area is 337 Å². The number of rotatable bonds is 7. The van der Waals surface area contributed by atoms with Crippen LogP contribution in [0.5, 0.6) is 0 Å². The van der Waals surface area contributed by atoms with Crippen LogP contribution in [0.1, 0.15) is 99.8 Å². The van der Waals surface area contributed by atoms with E-state index in [1.165, 1.54) is 5.57 Å². The van der Waals surface area contributed by atoms with Gasteiger partial charge in [0, 0.05) is 0 Å². The molecule has 0 aromatic rings. The molecule has 0 spiro atoms. The quantitative estimate of drug-likeness (QED) is 0.166. The molecule has 0 aromatic heterocycles. The summed E-state index contributed by atoms with van der Waals surface area (Å²) in [7, 11) is 0. The number of fused-ring (bicyclic) bond motifs is 6. The number of hydrogen-bond donors (Lipinski definition) is 9. The fraction of sp³-hybridized carbons (Fsp3) is 0.833. The molecule has 7 aliphatic rings. The van der Waals surface area contributed by atoms with Crippen LogP contribution < -0.4 is 0 Å². The topological polar surface area (TPSA) is 270 Å². The number of carboxylic acid groups (broad SMARTS) is 3. The summed E-state index contributed by atoms with van der Waals surface area (Å²) in [6.07, 6.45) is -11.0. The van der Waals surface area contributed by atoms with Gasteiger partial charge < -0.3 is 64.9 Å². The summed E-state index contributed by atoms with van der Waals surface area (Å²) in [6.45, 7) is 15.0. The first kappa shape index (κ1) is 43.6. The van der Waals surface area contributed by atoms with E-state index < -0.39 is 102 Å². The van der Waals surface area contributed by atoms with Crippen LogP contribution in [0.3, 0.4) is 0 Å². The predicted molar refractivity (Wildman–Crippen MR) is 200 cm³/mol. The number of hydrogen-bond acceptors (Lipinski definition) is 13. The van der Waals surface area contributed by atoms with Crippen molar-refractivity contribution in [2.24, 2.45) is 44.3 Å². The van der Waals surface area contributed by atoms with E-state index in [2.05, 4.69) is 53.7 Å². The molecule has 2 aliphatic heterocycles. The van der Waals surface area contributed by atoms with E-state index in [9.17, 15) is 60.3 Å². The smallest absolute Gasteiger partial charge is 0.335 e. The number of aliphatic hydroxyl groups excluding tert-OH is 6. The van der Waals surface area contributed by atoms with Gasteiger partial charge in [-0.15, -0.1) is 0 Å². The summed E-state index contributed by atoms with van der Waals surface area (Å²) in [5.74, 6) is -4.04. The molecule has 0 unspecified atom stereocenters. The second-order valence-electron chi connectivity index (χ2n) is 20.3. The molecule has 0 bridgehead atoms. The summed E-state index contributed by atoms with van der Waals surface area (Å²) in [5.41, 5.74) is -0.511. The lowest BCUT2D eigenvalue weighted by Crippen LogP contribution is -2.67. The standard InChI is InChI=1S/C42H62O16/c1-37(2)20-10-13-42(7)21(9-8-18-19-16-40(5,36(53)54)22(43)17-38(19,3)14-15-41(18,42)6)39(20,4)12-11-23(37)55-35-31(27(47)26(46)30(57-35)33(51)52)58-34-28(48)24(44)25(45)29(56-34)32(49)50/h8-9,20-31,34-35,43-48H,10-17H2,1-7H3,(H,49,50)(H,51,52)(H,53,54)/t20-,21+,22+,23-,24-,25-,26-,27-,28+,29-,30-,31+,34-,35+,38-,39-,40-,41+,42+/m0/s1. The van der Waals surface area contributed by atoms with Crippen molar-refractivity contribution in [1.29, 1.82) is 0 Å². The highest BCUT2D eigenvalue weighted by molar-refractivity contribution is 5.76. The van der Waals surface area contributed by atoms with Gasteiger partial charge in [0.1, 0.15) is 36.6 Å². The maximum absolute atomic E-state index is 12.5. The number of aliphatic hydroxyl groups is 6. The van der Waals surface area contributed by atoms with Crippen molar-refractivity contribution in [1.82, 2.24) is 0 Å². The average molecular weight is 823 g/mol. The van der Waals surface area contributed by atoms with Gasteiger partial charge in [-0.3, -0.25) is 4.79 Å². The molecule has 16 heteroatoms. The van der Waals surface area contributed by atoms with E-state index in [1.54, 1.807) is 6.92 Å². The van der Waals surface area contributed by atoms with Crippen LogP contribution in [0, 0.1) is 44.3 Å². The maximum atomic E-state index is 12.5. The molecule has 0 aromatic carbocycles. The van der Waals surface area contributed by atoms with E-state index in [0.717, 1.165) is 31.3 Å². The molecule has 2 heterocycles. The summed E-state index contributed by atoms with van der Waals surface area (Å²) in [6, 6.07) is 0. The first-order valence-electron chi connectivity index (χ1n) is 20.6. The normalized spacial score (nSPS) is 52.4. The van der Waals surface area contributed by atoms with Gasteiger partial charge in [0.25, 0.3) is 0 Å². The van der Waals surface area contributed by atoms with Crippen molar-refractivity contribution in [3.8, 4) is 0 Å². The lowest BCUT2D eigenvalue weighted by molar-refractivity contribution is -0.371. The van der Waals surface area contributed by atoms with Gasteiger partial charge in [-0.05, 0) is 103 Å². The molecule has 5 aliphatic carbocycles. The first-order chi connectivity index (χ1) is 26.8. The molecule has 2 saturated heterocycles. The molecule has 5 fully saturated rings. The molecule has 3 saturated carbocycles. The Balaban J connectivity index is 1.18. The Hall–Kier alpha value is -2.51. The second kappa shape index (κ2) is 14.3. The predicted octanol–water partition coefficient (Wildman–Crippen LogP) is 1.96. The number of carbonyl (C=O) groups is 3. The molecule has 0 radical (unpaired) electrons. The van der Waals surface area contributed by atoms with Crippen LogP contribution in [-0.2, 0) is 33.3 Å². The highest BCUT2D eigenvalue weighted by Crippen LogP contribution is 2.74. The number of allylic oxidation sites excluding steroid dienone is 4. The maximum Gasteiger partial charge on any atom is 0.335 e. The van der Waals surface area contributed by atoms with Crippen LogP contribution in [0.15, 0.2) is 23.3 Å². The third-order valence-corrected chi connectivity index (χ3v) is 17.0. The minimum absolute atomic E-state index is 0.0680. The van der Waals surface area contributed by atoms with Crippen LogP contribution in [-0.4, -0.2) is 137 Å². The number of carboxylic acids is 3. The Morgan fingerprint density at radius 3 is 1.91 bits per heavy atom. The minimum atomic E-state index is -2.03. The third-order valence-electron chi connectivity index (χ3n) is 17.0. The highest BCUT2D eigenvalue weighted by Gasteiger charge is 2.68. The Morgan fingerprint density at radius 2 is 1.31 bits per heavy atom. The van der Waals surface area contributed by atoms with Crippen molar-refractivity contribution in [2.75, 3.05) is 0 Å². The van der Waals surface area contributed by atoms with Crippen molar-refractivity contribution < 1.29 is 79.3 Å². The van der Waals surface area contributed by atoms with E-state index in [0.29, 0.717) is 25.7 Å². The Bertz CT molecular complexity index is 1750. The van der Waals surface area contributed by atoms with Crippen LogP contribution >= 0.6 is 0 Å². The van der Waals surface area contributed by atoms with E-state index in [-0.39, 0.29) is 33.5 Å². The van der Waals surface area contributed by atoms with Gasteiger partial charge in [0.05, 0.1) is 17.6 Å². The SMILES string of the molecule is CC1(C)[C@@H](O[C@@H]2O[C@H](C(=O)O)[C@@H](O)[C@H](O)[C@H]2O[C@@H]2O[C@H](C(=O)O)[C@@H](O)[C@H](O)[C@H]2O)CC[C@]2(C)[C@H]3C=CC4=C5C[C@](C)(C(=O)O)[C@H](O)C[C@]5(C)CC[C@@]4(C)[C@]3(C)CC[C@@H]12. The van der Waals surface area contributed by atoms with Crippen molar-refractivity contribution >= 4 is 17.9 Å². The summed E-state index contributed by atoms with van der Waals surface area (Å²) in [5, 5.41) is 94.1. The summed E-state index contributed by atoms with van der Waals surface area (Å²) in [4.78, 5) is 36.5. The molecule has 326 valence electrons. The monoisotopic (exact) mass is 822 g/mol. The Morgan fingerprint density at radius 1 is 0.707 bits per heavy atom. The van der Waals surface area contributed by atoms with Gasteiger partial charge in [0.15, 0.2) is 24.8 Å². The van der Waals surface area contributed by atoms with Gasteiger partial charge >= 0.3 is 17.9 Å². The van der Waals surface area contributed by atoms with Gasteiger partial charge in [-0.2, -0.15) is 0 Å². The first-order valence-corrected chi connectivity index (χ1v) is 20.6. The molecular weight excluding hydrogens is 760 g/mol. The van der Waals surface area contributed by atoms with Crippen LogP contribution in [0.2, 0.25) is 0 Å². The number of ether oxygens (including phenoxy) is 4. The molecule has 7 rings (SSSR count). The summed E-state index contributed by atoms with van der Waals surface area (Å²) < 4.78 is 23.5. The highest BCUT2D eigenvalue weighted by atomic mass is 16.8. The zero-order valence-electron chi connectivity index (χ0n) is 34.3. The lowest BCUT2D eigenvalue weighted by atomic mass is 9.35. The second-order valence-corrected chi connectivity index (χ2v) is 20.3. The molecule has 19 atom stereocenters. The van der Waals surface area contributed by atoms with E-state index >= 15 is 0 Å². The molecule has 58 heavy (non-hydrogen) atoms. The molecule has 0 amide bonds. The lowest BCUT2D eigenvalue weighted by Gasteiger charge is -2.69. The van der Waals surface area contributed by atoms with Crippen molar-refractivity contribution in [3.05, 3.63) is 23.3 Å². The average Bonchev–Trinajstić information content (AvgIpc) is 3.13. The van der Waals surface area contributed by atoms with Crippen LogP contribution in [0.4, 0.5) is 0 Å². The van der Waals surface area contributed by atoms with Crippen molar-refractivity contribution in [3.63, 3.8) is 0 Å². The van der Waals surface area contributed by atoms with Crippen molar-refractivity contribution in [2.45, 2.75) is 173 Å². The zero-order valence-corrected chi connectivity index (χ0v) is 34.3. The molecule has 16 nitrogen and oxygen atoms in total. The fourth-order valence-electron chi connectivity index (χ4n) is 13.0. The van der Waals surface area contributed by atoms with Crippen LogP contribution in [0.25, 0.3) is 0 Å². The van der Waals surface area contributed by atoms with Gasteiger partial charge in [0.2, 0.25) is 0 Å². The largest absolute Gasteiger partial charge is 0.481 e. The number of aliphatic carboxylic acids is 3. The van der Waals surface area contributed by atoms with E-state index in [4.69, 9.17) is 18.9 Å². The zero-order chi connectivity index (χ0) is 42.9. The Kier molecular flexibility index (Phi) is 10.7. The molecular formula is C42H62O16. The molecule has 9 N–H and O–H groups in total. The minimum Gasteiger partial charge on any atom is -0.481 e. The van der Waals surface area contributed by atoms with E-state index in [1.807, 2.05) is 0 Å².